The van der Waals surface area contributed by atoms with E-state index in [0.29, 0.717) is 0 Å². The molecule has 0 heterocycles. The van der Waals surface area contributed by atoms with Crippen LogP contribution in [-0.4, -0.2) is 23.9 Å². The van der Waals surface area contributed by atoms with Crippen molar-refractivity contribution >= 4 is 23.9 Å². The number of hydrogen-bond donors (Lipinski definition) is 0. The van der Waals surface area contributed by atoms with Gasteiger partial charge < -0.3 is 0 Å². The second-order valence-electron chi connectivity index (χ2n) is 2.59. The Morgan fingerprint density at radius 2 is 1.73 bits per heavy atom. The minimum atomic E-state index is 0. The van der Waals surface area contributed by atoms with E-state index in [4.69, 9.17) is 0 Å². The quantitative estimate of drug-likeness (QED) is 0.721. The van der Waals surface area contributed by atoms with E-state index in [1.165, 1.54) is 24.8 Å². The van der Waals surface area contributed by atoms with Gasteiger partial charge in [-0.2, -0.15) is 0 Å². The summed E-state index contributed by atoms with van der Waals surface area (Å²) in [5, 5.41) is 0. The van der Waals surface area contributed by atoms with Crippen molar-refractivity contribution in [2.45, 2.75) is 26.2 Å². The maximum atomic E-state index is 2.23. The predicted octanol–water partition coefficient (Wildman–Crippen LogP) is 1.58. The number of aryl methyl sites for hydroxylation is 1. The molecule has 0 unspecified atom stereocenters. The second-order valence-corrected chi connectivity index (χ2v) is 2.59. The topological polar surface area (TPSA) is 0 Å². The monoisotopic (exact) mass is 258 g/mol. The zero-order valence-corrected chi connectivity index (χ0v) is 6.51. The number of rotatable bonds is 3. The molecule has 62 valence electrons. The van der Waals surface area contributed by atoms with E-state index in [1.807, 2.05) is 0 Å². The predicted molar refractivity (Wildman–Crippen MR) is 56.4 cm³/mol. The molecule has 0 nitrogen and oxygen atoms in total. The first-order chi connectivity index (χ1) is 4.93. The molecule has 0 spiro atoms. The van der Waals surface area contributed by atoms with Crippen molar-refractivity contribution in [1.82, 2.24) is 0 Å². The van der Waals surface area contributed by atoms with E-state index < -0.39 is 0 Å². The van der Waals surface area contributed by atoms with Crippen molar-refractivity contribution in [3.8, 4) is 0 Å². The Hall–Kier alpha value is 0.0187. The first-order valence-electron chi connectivity index (χ1n) is 3.97. The molecule has 1 rings (SSSR count). The molecular weight excluding hydrogens is 239 g/mol. The van der Waals surface area contributed by atoms with Crippen molar-refractivity contribution in [3.05, 3.63) is 35.9 Å². The molecule has 0 fully saturated rings. The van der Waals surface area contributed by atoms with E-state index in [-0.39, 0.29) is 23.9 Å². The first-order valence-corrected chi connectivity index (χ1v) is 3.97. The molecule has 11 heavy (non-hydrogen) atoms. The summed E-state index contributed by atoms with van der Waals surface area (Å²) in [5.41, 5.74) is 1.46. The van der Waals surface area contributed by atoms with Gasteiger partial charge in [-0.25, -0.2) is 0 Å². The number of unbranched alkanes of at least 4 members (excludes halogenated alkanes) is 1. The Balaban J connectivity index is 0.000001000. The van der Waals surface area contributed by atoms with Crippen LogP contribution < -0.4 is 0 Å². The molecule has 0 saturated heterocycles. The Morgan fingerprint density at radius 1 is 1.09 bits per heavy atom. The average molecular weight is 257 g/mol. The summed E-state index contributed by atoms with van der Waals surface area (Å²) in [5.74, 6) is 0. The van der Waals surface area contributed by atoms with Crippen LogP contribution in [0, 0.1) is 0 Å². The van der Waals surface area contributed by atoms with Crippen molar-refractivity contribution < 1.29 is 0 Å². The fourth-order valence-corrected chi connectivity index (χ4v) is 1.03. The Kier molecular flexibility index (Phi) is 6.72. The van der Waals surface area contributed by atoms with Gasteiger partial charge in [0, 0.05) is 0 Å². The third-order valence-electron chi connectivity index (χ3n) is 1.66. The summed E-state index contributed by atoms with van der Waals surface area (Å²) >= 11 is 0. The molecule has 0 saturated carbocycles. The van der Waals surface area contributed by atoms with Gasteiger partial charge in [0.25, 0.3) is 0 Å². The van der Waals surface area contributed by atoms with E-state index in [0.717, 1.165) is 0 Å². The SMILES string of the molecule is CCCCc1ccccc1.[SnH4]. The molecular formula is C10H18Sn. The van der Waals surface area contributed by atoms with Gasteiger partial charge in [-0.1, -0.05) is 43.7 Å². The van der Waals surface area contributed by atoms with Crippen LogP contribution in [0.1, 0.15) is 25.3 Å². The molecule has 0 bridgehead atoms. The van der Waals surface area contributed by atoms with Gasteiger partial charge in [-0.3, -0.25) is 0 Å². The van der Waals surface area contributed by atoms with E-state index in [2.05, 4.69) is 37.3 Å². The third kappa shape index (κ3) is 4.46. The van der Waals surface area contributed by atoms with Crippen molar-refractivity contribution in [1.29, 1.82) is 0 Å². The number of hydrogen-bond acceptors (Lipinski definition) is 0. The summed E-state index contributed by atoms with van der Waals surface area (Å²) in [6.07, 6.45) is 3.83. The van der Waals surface area contributed by atoms with Crippen LogP contribution in [0.15, 0.2) is 30.3 Å². The van der Waals surface area contributed by atoms with Crippen LogP contribution in [0.4, 0.5) is 0 Å². The molecule has 0 radical (unpaired) electrons. The second kappa shape index (κ2) is 6.71. The van der Waals surface area contributed by atoms with Gasteiger partial charge in [0.1, 0.15) is 0 Å². The molecule has 0 aromatic heterocycles. The maximum absolute atomic E-state index is 2.23. The van der Waals surface area contributed by atoms with Gasteiger partial charge in [-0.05, 0) is 18.4 Å². The van der Waals surface area contributed by atoms with Gasteiger partial charge >= 0.3 is 23.9 Å². The Labute approximate surface area is 86.0 Å². The van der Waals surface area contributed by atoms with Gasteiger partial charge in [0.2, 0.25) is 0 Å². The minimum absolute atomic E-state index is 0. The van der Waals surface area contributed by atoms with Gasteiger partial charge in [0.05, 0.1) is 0 Å². The summed E-state index contributed by atoms with van der Waals surface area (Å²) in [6.45, 7) is 2.23. The van der Waals surface area contributed by atoms with Gasteiger partial charge in [0.15, 0.2) is 0 Å². The summed E-state index contributed by atoms with van der Waals surface area (Å²) in [7, 11) is 0. The van der Waals surface area contributed by atoms with E-state index >= 15 is 0 Å². The van der Waals surface area contributed by atoms with Crippen LogP contribution in [0.5, 0.6) is 0 Å². The van der Waals surface area contributed by atoms with E-state index in [1.54, 1.807) is 0 Å². The fourth-order valence-electron chi connectivity index (χ4n) is 1.03. The van der Waals surface area contributed by atoms with Crippen LogP contribution >= 0.6 is 0 Å². The average Bonchev–Trinajstić information content (AvgIpc) is 2.03. The van der Waals surface area contributed by atoms with Crippen LogP contribution in [0.25, 0.3) is 0 Å². The number of benzene rings is 1. The van der Waals surface area contributed by atoms with Crippen LogP contribution in [-0.2, 0) is 6.42 Å². The molecule has 1 heteroatoms. The molecule has 0 atom stereocenters. The first kappa shape index (κ1) is 11.0. The molecule has 0 aliphatic carbocycles. The van der Waals surface area contributed by atoms with Gasteiger partial charge in [-0.15, -0.1) is 0 Å². The molecule has 1 aromatic carbocycles. The fraction of sp³-hybridized carbons (Fsp3) is 0.400. The van der Waals surface area contributed by atoms with Crippen LogP contribution in [0.3, 0.4) is 0 Å². The van der Waals surface area contributed by atoms with Crippen molar-refractivity contribution in [2.24, 2.45) is 0 Å². The van der Waals surface area contributed by atoms with Crippen molar-refractivity contribution in [3.63, 3.8) is 0 Å². The normalized spacial score (nSPS) is 8.82. The molecule has 0 aliphatic rings. The third-order valence-corrected chi connectivity index (χ3v) is 1.66. The molecule has 0 N–H and O–H groups in total. The van der Waals surface area contributed by atoms with Crippen molar-refractivity contribution in [2.75, 3.05) is 0 Å². The van der Waals surface area contributed by atoms with Crippen LogP contribution in [0.2, 0.25) is 0 Å². The zero-order chi connectivity index (χ0) is 7.23. The summed E-state index contributed by atoms with van der Waals surface area (Å²) in [4.78, 5) is 0. The molecule has 1 aromatic rings. The van der Waals surface area contributed by atoms with E-state index in [9.17, 15) is 0 Å². The summed E-state index contributed by atoms with van der Waals surface area (Å²) < 4.78 is 0. The molecule has 0 aliphatic heterocycles. The molecule has 0 amide bonds. The Bertz CT molecular complexity index is 169. The standard InChI is InChI=1S/C10H14.Sn.4H/c1-2-3-7-10-8-5-4-6-9-10;;;;;/h4-6,8-9H,2-3,7H2,1H3;;;;;. The zero-order valence-electron chi connectivity index (χ0n) is 6.51. The Morgan fingerprint density at radius 3 is 2.27 bits per heavy atom. The summed E-state index contributed by atoms with van der Waals surface area (Å²) in [6, 6.07) is 10.6.